The minimum atomic E-state index is -1.54. The van der Waals surface area contributed by atoms with E-state index in [1.807, 2.05) is 0 Å². The Kier molecular flexibility index (Phi) is 47.7. The van der Waals surface area contributed by atoms with Crippen LogP contribution in [0.2, 0.25) is 0 Å². The van der Waals surface area contributed by atoms with Crippen LogP contribution in [0.15, 0.2) is 36.5 Å². The molecule has 400 valence electrons. The molecule has 9 nitrogen and oxygen atoms in total. The SMILES string of the molecule is CCCCCCC/C=C\C/C=C\CCCCCCCCCCCCCCCC(=O)OC(COCCCCCCCCCCCC/C=C\CCCCCCCC)COC1OC(CO)C(O)C(O)C1O. The van der Waals surface area contributed by atoms with Crippen molar-refractivity contribution >= 4 is 5.97 Å². The first-order valence-corrected chi connectivity index (χ1v) is 29.1. The standard InChI is InChI=1S/C59H110O9/c1-3-5-7-9-11-13-15-17-19-21-23-25-26-27-28-29-30-32-34-36-38-40-42-44-46-48-55(61)67-53(52-66-59-58(64)57(63)56(62)54(50-60)68-59)51-65-49-47-45-43-41-39-37-35-33-31-24-22-20-18-16-14-12-10-8-6-4-2/h15,17-18,20-21,23,53-54,56-60,62-64H,3-14,16,19,22,24-52H2,1-2H3/b17-15-,20-18-,23-21-. The van der Waals surface area contributed by atoms with E-state index in [2.05, 4.69) is 50.3 Å². The minimum absolute atomic E-state index is 0.111. The maximum absolute atomic E-state index is 12.9. The topological polar surface area (TPSA) is 135 Å². The van der Waals surface area contributed by atoms with Gasteiger partial charge >= 0.3 is 5.97 Å². The normalized spacial score (nSPS) is 19.3. The smallest absolute Gasteiger partial charge is 0.306 e. The number of ether oxygens (including phenoxy) is 4. The third-order valence-corrected chi connectivity index (χ3v) is 13.5. The van der Waals surface area contributed by atoms with Gasteiger partial charge in [0.2, 0.25) is 0 Å². The molecule has 0 saturated carbocycles. The molecule has 1 fully saturated rings. The maximum atomic E-state index is 12.9. The number of aliphatic hydroxyl groups is 4. The number of esters is 1. The number of hydrogen-bond donors (Lipinski definition) is 4. The molecule has 0 aromatic rings. The highest BCUT2D eigenvalue weighted by Crippen LogP contribution is 2.23. The molecule has 4 N–H and O–H groups in total. The zero-order valence-corrected chi connectivity index (χ0v) is 44.4. The Morgan fingerprint density at radius 2 is 0.853 bits per heavy atom. The lowest BCUT2D eigenvalue weighted by Gasteiger charge is -2.39. The fourth-order valence-electron chi connectivity index (χ4n) is 8.99. The van der Waals surface area contributed by atoms with Gasteiger partial charge in [-0.3, -0.25) is 4.79 Å². The lowest BCUT2D eigenvalue weighted by atomic mass is 9.99. The fraction of sp³-hybridized carbons (Fsp3) is 0.881. The van der Waals surface area contributed by atoms with Crippen molar-refractivity contribution in [3.8, 4) is 0 Å². The third kappa shape index (κ3) is 40.1. The Bertz CT molecular complexity index is 1140. The van der Waals surface area contributed by atoms with Gasteiger partial charge in [0.1, 0.15) is 30.5 Å². The van der Waals surface area contributed by atoms with E-state index in [9.17, 15) is 25.2 Å². The Hall–Kier alpha value is -1.59. The van der Waals surface area contributed by atoms with Gasteiger partial charge in [0.15, 0.2) is 6.29 Å². The van der Waals surface area contributed by atoms with Gasteiger partial charge in [-0.2, -0.15) is 0 Å². The van der Waals surface area contributed by atoms with Crippen molar-refractivity contribution in [1.82, 2.24) is 0 Å². The summed E-state index contributed by atoms with van der Waals surface area (Å²) < 4.78 is 23.0. The van der Waals surface area contributed by atoms with E-state index in [0.29, 0.717) is 13.0 Å². The van der Waals surface area contributed by atoms with E-state index in [0.717, 1.165) is 38.5 Å². The third-order valence-electron chi connectivity index (χ3n) is 13.5. The second-order valence-corrected chi connectivity index (χ2v) is 20.1. The molecule has 0 aromatic carbocycles. The Labute approximate surface area is 419 Å². The lowest BCUT2D eigenvalue weighted by molar-refractivity contribution is -0.305. The molecule has 1 rings (SSSR count). The van der Waals surface area contributed by atoms with Crippen LogP contribution in [-0.4, -0.2) is 89.6 Å². The first-order valence-electron chi connectivity index (χ1n) is 29.1. The number of aliphatic hydroxyl groups excluding tert-OH is 4. The first kappa shape index (κ1) is 64.4. The summed E-state index contributed by atoms with van der Waals surface area (Å²) in [5.41, 5.74) is 0. The quantitative estimate of drug-likeness (QED) is 0.0267. The molecule has 9 heteroatoms. The maximum Gasteiger partial charge on any atom is 0.306 e. The first-order chi connectivity index (χ1) is 33.4. The van der Waals surface area contributed by atoms with E-state index in [1.54, 1.807) is 0 Å². The van der Waals surface area contributed by atoms with Gasteiger partial charge < -0.3 is 39.4 Å². The Balaban J connectivity index is 2.14. The summed E-state index contributed by atoms with van der Waals surface area (Å²) in [7, 11) is 0. The van der Waals surface area contributed by atoms with Gasteiger partial charge in [-0.05, 0) is 70.6 Å². The Morgan fingerprint density at radius 3 is 1.28 bits per heavy atom. The number of carbonyl (C=O) groups excluding carboxylic acids is 1. The van der Waals surface area contributed by atoms with Crippen molar-refractivity contribution in [1.29, 1.82) is 0 Å². The van der Waals surface area contributed by atoms with E-state index in [1.165, 1.54) is 212 Å². The fourth-order valence-corrected chi connectivity index (χ4v) is 8.99. The van der Waals surface area contributed by atoms with E-state index in [4.69, 9.17) is 18.9 Å². The number of rotatable bonds is 51. The van der Waals surface area contributed by atoms with E-state index in [-0.39, 0.29) is 19.2 Å². The molecule has 1 heterocycles. The highest BCUT2D eigenvalue weighted by molar-refractivity contribution is 5.69. The molecule has 0 aliphatic carbocycles. The predicted molar refractivity (Wildman–Crippen MR) is 284 cm³/mol. The average molecular weight is 964 g/mol. The second kappa shape index (κ2) is 50.4. The summed E-state index contributed by atoms with van der Waals surface area (Å²) in [6, 6.07) is 0. The molecule has 0 aromatic heterocycles. The number of allylic oxidation sites excluding steroid dienone is 6. The van der Waals surface area contributed by atoms with Crippen LogP contribution < -0.4 is 0 Å². The van der Waals surface area contributed by atoms with Crippen LogP contribution in [0.25, 0.3) is 0 Å². The molecular formula is C59H110O9. The van der Waals surface area contributed by atoms with Crippen LogP contribution >= 0.6 is 0 Å². The van der Waals surface area contributed by atoms with Crippen LogP contribution in [0.3, 0.4) is 0 Å². The summed E-state index contributed by atoms with van der Waals surface area (Å²) in [5, 5.41) is 40.4. The zero-order chi connectivity index (χ0) is 49.2. The van der Waals surface area contributed by atoms with Crippen LogP contribution in [0.4, 0.5) is 0 Å². The molecule has 0 radical (unpaired) electrons. The number of carbonyl (C=O) groups is 1. The van der Waals surface area contributed by atoms with Crippen molar-refractivity contribution in [3.63, 3.8) is 0 Å². The summed E-state index contributed by atoms with van der Waals surface area (Å²) in [6.45, 7) is 4.59. The largest absolute Gasteiger partial charge is 0.457 e. The zero-order valence-electron chi connectivity index (χ0n) is 44.4. The Morgan fingerprint density at radius 1 is 0.471 bits per heavy atom. The number of hydrogen-bond acceptors (Lipinski definition) is 9. The molecule has 1 saturated heterocycles. The minimum Gasteiger partial charge on any atom is -0.457 e. The molecule has 6 unspecified atom stereocenters. The molecule has 0 bridgehead atoms. The van der Waals surface area contributed by atoms with Crippen molar-refractivity contribution < 1.29 is 44.2 Å². The summed E-state index contributed by atoms with van der Waals surface area (Å²) in [5.74, 6) is -0.311. The highest BCUT2D eigenvalue weighted by Gasteiger charge is 2.44. The van der Waals surface area contributed by atoms with Crippen LogP contribution in [0, 0.1) is 0 Å². The van der Waals surface area contributed by atoms with Crippen molar-refractivity contribution in [2.45, 2.75) is 307 Å². The van der Waals surface area contributed by atoms with Crippen molar-refractivity contribution in [2.75, 3.05) is 26.4 Å². The van der Waals surface area contributed by atoms with Crippen LogP contribution in [0.1, 0.15) is 271 Å². The van der Waals surface area contributed by atoms with Gasteiger partial charge in [-0.15, -0.1) is 0 Å². The second-order valence-electron chi connectivity index (χ2n) is 20.1. The van der Waals surface area contributed by atoms with Gasteiger partial charge in [-0.1, -0.05) is 230 Å². The summed E-state index contributed by atoms with van der Waals surface area (Å²) >= 11 is 0. The van der Waals surface area contributed by atoms with Gasteiger partial charge in [0.05, 0.1) is 19.8 Å². The lowest BCUT2D eigenvalue weighted by Crippen LogP contribution is -2.59. The van der Waals surface area contributed by atoms with Gasteiger partial charge in [-0.25, -0.2) is 0 Å². The average Bonchev–Trinajstić information content (AvgIpc) is 3.34. The number of unbranched alkanes of at least 4 members (excludes halogenated alkanes) is 34. The molecule has 0 spiro atoms. The molecule has 1 aliphatic heterocycles. The molecule has 6 atom stereocenters. The molecular weight excluding hydrogens is 853 g/mol. The highest BCUT2D eigenvalue weighted by atomic mass is 16.7. The molecule has 68 heavy (non-hydrogen) atoms. The van der Waals surface area contributed by atoms with Crippen LogP contribution in [-0.2, 0) is 23.7 Å². The van der Waals surface area contributed by atoms with E-state index < -0.39 is 43.4 Å². The van der Waals surface area contributed by atoms with Crippen molar-refractivity contribution in [3.05, 3.63) is 36.5 Å². The van der Waals surface area contributed by atoms with E-state index >= 15 is 0 Å². The summed E-state index contributed by atoms with van der Waals surface area (Å²) in [6.07, 6.45) is 56.2. The van der Waals surface area contributed by atoms with Gasteiger partial charge in [0.25, 0.3) is 0 Å². The molecule has 0 amide bonds. The summed E-state index contributed by atoms with van der Waals surface area (Å²) in [4.78, 5) is 12.9. The van der Waals surface area contributed by atoms with Crippen molar-refractivity contribution in [2.24, 2.45) is 0 Å². The predicted octanol–water partition coefficient (Wildman–Crippen LogP) is 15.0. The van der Waals surface area contributed by atoms with Gasteiger partial charge in [0, 0.05) is 13.0 Å². The monoisotopic (exact) mass is 963 g/mol. The van der Waals surface area contributed by atoms with Crippen LogP contribution in [0.5, 0.6) is 0 Å². The molecule has 1 aliphatic rings.